The van der Waals surface area contributed by atoms with E-state index in [9.17, 15) is 18.0 Å². The lowest BCUT2D eigenvalue weighted by atomic mass is 9.86. The molecule has 0 spiro atoms. The van der Waals surface area contributed by atoms with Gasteiger partial charge in [0.25, 0.3) is 15.9 Å². The molecule has 0 saturated carbocycles. The molecule has 0 saturated heterocycles. The average Bonchev–Trinajstić information content (AvgIpc) is 2.67. The summed E-state index contributed by atoms with van der Waals surface area (Å²) < 4.78 is 26.3. The number of anilines is 1. The van der Waals surface area contributed by atoms with Crippen LogP contribution in [0.25, 0.3) is 0 Å². The van der Waals surface area contributed by atoms with Crippen LogP contribution < -0.4 is 5.32 Å². The zero-order chi connectivity index (χ0) is 20.1. The molecule has 0 fully saturated rings. The smallest absolute Gasteiger partial charge is 0.266 e. The summed E-state index contributed by atoms with van der Waals surface area (Å²) in [5.74, 6) is -2.61. The van der Waals surface area contributed by atoms with Gasteiger partial charge in [0.1, 0.15) is 5.92 Å². The molecule has 0 radical (unpaired) electrons. The third-order valence-corrected chi connectivity index (χ3v) is 7.51. The van der Waals surface area contributed by atoms with Crippen molar-refractivity contribution in [1.29, 1.82) is 0 Å². The molecule has 1 aliphatic carbocycles. The molecule has 0 bridgehead atoms. The number of nitrogens with zero attached hydrogens (tertiary/aromatic N) is 1. The molecule has 1 N–H and O–H groups in total. The minimum atomic E-state index is -3.97. The predicted molar refractivity (Wildman–Crippen MR) is 106 cm³/mol. The monoisotopic (exact) mass is 418 g/mol. The van der Waals surface area contributed by atoms with Crippen LogP contribution in [0.1, 0.15) is 35.4 Å². The molecular formula is C20H19ClN2O4S. The number of sulfonamides is 1. The summed E-state index contributed by atoms with van der Waals surface area (Å²) in [7, 11) is -2.78. The summed E-state index contributed by atoms with van der Waals surface area (Å²) in [6.07, 6.45) is 3.61. The predicted octanol–water partition coefficient (Wildman–Crippen LogP) is 3.10. The molecule has 2 aliphatic rings. The molecule has 146 valence electrons. The Balaban J connectivity index is 1.83. The number of halogens is 1. The second kappa shape index (κ2) is 6.90. The van der Waals surface area contributed by atoms with E-state index < -0.39 is 27.8 Å². The van der Waals surface area contributed by atoms with Crippen molar-refractivity contribution in [1.82, 2.24) is 4.31 Å². The molecule has 2 amide bonds. The van der Waals surface area contributed by atoms with E-state index >= 15 is 0 Å². The number of benzene rings is 2. The normalized spacial score (nSPS) is 20.3. The minimum absolute atomic E-state index is 0.0366. The summed E-state index contributed by atoms with van der Waals surface area (Å²) in [6.45, 7) is 0. The Morgan fingerprint density at radius 3 is 2.46 bits per heavy atom. The minimum Gasteiger partial charge on any atom is -0.324 e. The molecule has 1 heterocycles. The molecule has 4 rings (SSSR count). The van der Waals surface area contributed by atoms with Crippen molar-refractivity contribution < 1.29 is 18.0 Å². The Morgan fingerprint density at radius 2 is 1.79 bits per heavy atom. The number of amides is 2. The van der Waals surface area contributed by atoms with Crippen molar-refractivity contribution in [3.63, 3.8) is 0 Å². The van der Waals surface area contributed by atoms with Crippen LogP contribution in [0.4, 0.5) is 5.69 Å². The van der Waals surface area contributed by atoms with Crippen LogP contribution in [0.3, 0.4) is 0 Å². The number of likely N-dealkylation sites (N-methyl/N-ethyl adjacent to an activating group) is 1. The van der Waals surface area contributed by atoms with Gasteiger partial charge in [-0.05, 0) is 60.6 Å². The van der Waals surface area contributed by atoms with Gasteiger partial charge in [-0.3, -0.25) is 9.59 Å². The molecular weight excluding hydrogens is 400 g/mol. The van der Waals surface area contributed by atoms with E-state index in [0.29, 0.717) is 15.0 Å². The van der Waals surface area contributed by atoms with Gasteiger partial charge in [0, 0.05) is 7.05 Å². The number of carbonyl (C=O) groups excluding carboxylic acids is 2. The Kier molecular flexibility index (Phi) is 4.67. The first-order valence-electron chi connectivity index (χ1n) is 9.04. The Morgan fingerprint density at radius 1 is 1.14 bits per heavy atom. The van der Waals surface area contributed by atoms with Gasteiger partial charge in [-0.2, -0.15) is 0 Å². The van der Waals surface area contributed by atoms with Crippen LogP contribution in [0, 0.1) is 0 Å². The highest BCUT2D eigenvalue weighted by Crippen LogP contribution is 2.38. The maximum absolute atomic E-state index is 13.0. The molecule has 2 aromatic rings. The molecule has 1 atom stereocenters. The van der Waals surface area contributed by atoms with Gasteiger partial charge in [-0.15, -0.1) is 0 Å². The highest BCUT2D eigenvalue weighted by molar-refractivity contribution is 7.89. The SMILES string of the molecule is CN1C(=O)C(C(=O)Nc2ccccc2Cl)c2cc3c(cc2S1(=O)=O)CCCC3. The van der Waals surface area contributed by atoms with Crippen LogP contribution in [0.5, 0.6) is 0 Å². The number of aryl methyl sites for hydroxylation is 2. The summed E-state index contributed by atoms with van der Waals surface area (Å²) in [5.41, 5.74) is 2.60. The molecule has 6 nitrogen and oxygen atoms in total. The first kappa shape index (κ1) is 19.0. The maximum atomic E-state index is 13.0. The number of para-hydroxylation sites is 1. The fraction of sp³-hybridized carbons (Fsp3) is 0.300. The Labute approximate surface area is 168 Å². The van der Waals surface area contributed by atoms with Gasteiger partial charge in [-0.25, -0.2) is 12.7 Å². The first-order valence-corrected chi connectivity index (χ1v) is 10.9. The highest BCUT2D eigenvalue weighted by Gasteiger charge is 2.45. The fourth-order valence-electron chi connectivity index (χ4n) is 3.83. The molecule has 0 aromatic heterocycles. The van der Waals surface area contributed by atoms with Crippen LogP contribution in [-0.4, -0.2) is 31.6 Å². The Hall–Kier alpha value is -2.38. The van der Waals surface area contributed by atoms with Crippen molar-refractivity contribution in [2.45, 2.75) is 36.5 Å². The summed E-state index contributed by atoms with van der Waals surface area (Å²) in [5, 5.41) is 3.00. The third-order valence-electron chi connectivity index (χ3n) is 5.37. The van der Waals surface area contributed by atoms with Crippen molar-refractivity contribution in [2.24, 2.45) is 0 Å². The van der Waals surface area contributed by atoms with Crippen molar-refractivity contribution in [2.75, 3.05) is 12.4 Å². The van der Waals surface area contributed by atoms with E-state index in [1.54, 1.807) is 36.4 Å². The number of nitrogens with one attached hydrogen (secondary N) is 1. The van der Waals surface area contributed by atoms with E-state index in [-0.39, 0.29) is 10.5 Å². The van der Waals surface area contributed by atoms with E-state index in [1.165, 1.54) is 7.05 Å². The lowest BCUT2D eigenvalue weighted by molar-refractivity contribution is -0.132. The standard InChI is InChI=1S/C20H19ClN2O4S/c1-23-20(25)18(19(24)22-16-9-5-4-8-15(16)21)14-10-12-6-2-3-7-13(12)11-17(14)28(23,26)27/h4-5,8-11,18H,2-3,6-7H2,1H3,(H,22,24). The lowest BCUT2D eigenvalue weighted by Gasteiger charge is -2.32. The molecule has 28 heavy (non-hydrogen) atoms. The first-order chi connectivity index (χ1) is 13.3. The number of fused-ring (bicyclic) bond motifs is 2. The van der Waals surface area contributed by atoms with Gasteiger partial charge in [-0.1, -0.05) is 29.8 Å². The van der Waals surface area contributed by atoms with Gasteiger partial charge in [0.05, 0.1) is 15.6 Å². The highest BCUT2D eigenvalue weighted by atomic mass is 35.5. The third kappa shape index (κ3) is 2.99. The Bertz CT molecular complexity index is 1100. The molecule has 2 aromatic carbocycles. The largest absolute Gasteiger partial charge is 0.324 e. The van der Waals surface area contributed by atoms with Crippen molar-refractivity contribution >= 4 is 39.1 Å². The summed E-state index contributed by atoms with van der Waals surface area (Å²) >= 11 is 6.11. The fourth-order valence-corrected chi connectivity index (χ4v) is 5.42. The lowest BCUT2D eigenvalue weighted by Crippen LogP contribution is -2.46. The second-order valence-electron chi connectivity index (χ2n) is 7.08. The van der Waals surface area contributed by atoms with Crippen molar-refractivity contribution in [3.8, 4) is 0 Å². The summed E-state index contributed by atoms with van der Waals surface area (Å²) in [6, 6.07) is 10.1. The van der Waals surface area contributed by atoms with E-state index in [4.69, 9.17) is 11.6 Å². The van der Waals surface area contributed by atoms with Gasteiger partial charge < -0.3 is 5.32 Å². The maximum Gasteiger partial charge on any atom is 0.266 e. The number of hydrogen-bond acceptors (Lipinski definition) is 4. The van der Waals surface area contributed by atoms with E-state index in [1.807, 2.05) is 0 Å². The van der Waals surface area contributed by atoms with Gasteiger partial charge >= 0.3 is 0 Å². The van der Waals surface area contributed by atoms with Gasteiger partial charge in [0.15, 0.2) is 0 Å². The quantitative estimate of drug-likeness (QED) is 0.759. The van der Waals surface area contributed by atoms with Crippen LogP contribution in [0.2, 0.25) is 5.02 Å². The number of rotatable bonds is 2. The molecule has 1 unspecified atom stereocenters. The van der Waals surface area contributed by atoms with E-state index in [2.05, 4.69) is 5.32 Å². The van der Waals surface area contributed by atoms with Crippen LogP contribution in [-0.2, 0) is 32.5 Å². The van der Waals surface area contributed by atoms with Crippen LogP contribution in [0.15, 0.2) is 41.3 Å². The zero-order valence-electron chi connectivity index (χ0n) is 15.2. The number of carbonyl (C=O) groups is 2. The second-order valence-corrected chi connectivity index (χ2v) is 9.42. The van der Waals surface area contributed by atoms with Crippen LogP contribution >= 0.6 is 11.6 Å². The average molecular weight is 419 g/mol. The zero-order valence-corrected chi connectivity index (χ0v) is 16.8. The van der Waals surface area contributed by atoms with Gasteiger partial charge in [0.2, 0.25) is 5.91 Å². The topological polar surface area (TPSA) is 83.6 Å². The number of hydrogen-bond donors (Lipinski definition) is 1. The van der Waals surface area contributed by atoms with Crippen molar-refractivity contribution in [3.05, 3.63) is 58.1 Å². The molecule has 1 aliphatic heterocycles. The summed E-state index contributed by atoms with van der Waals surface area (Å²) in [4.78, 5) is 25.9. The van der Waals surface area contributed by atoms with E-state index in [0.717, 1.165) is 36.8 Å². The molecule has 8 heteroatoms.